The fourth-order valence-corrected chi connectivity index (χ4v) is 5.72. The summed E-state index contributed by atoms with van der Waals surface area (Å²) in [4.78, 5) is 37.6. The van der Waals surface area contributed by atoms with E-state index in [4.69, 9.17) is 34.8 Å². The van der Waals surface area contributed by atoms with E-state index < -0.39 is 115 Å². The van der Waals surface area contributed by atoms with Gasteiger partial charge in [-0.1, -0.05) is 11.6 Å². The number of alkyl halides is 15. The molecule has 0 heterocycles. The van der Waals surface area contributed by atoms with Gasteiger partial charge in [-0.3, -0.25) is 14.4 Å². The molecule has 6 nitrogen and oxygen atoms in total. The Morgan fingerprint density at radius 2 is 1.25 bits per heavy atom. The minimum atomic E-state index is -7.00. The minimum absolute atomic E-state index is 0.168. The summed E-state index contributed by atoms with van der Waals surface area (Å²) in [6, 6.07) is 3.71. The number of halogens is 18. The smallest absolute Gasteiger partial charge is 0.326 e. The Hall–Kier alpha value is -4.11. The van der Waals surface area contributed by atoms with E-state index in [9.17, 15) is 75.8 Å². The SMILES string of the molecule is O=C(Nc1ccc(F)c(NC(=O)C(F)(F)C(F)(F)C(F)(F)F)c1F)c1cc(NC(=O)[C@H]2[C@H](c3cc(C(F)(F)F)cc(C(F)(F)F)c3)C2(Cl)Cl)ccc1Cl. The van der Waals surface area contributed by atoms with E-state index >= 15 is 4.39 Å². The van der Waals surface area contributed by atoms with Crippen molar-refractivity contribution < 1.29 is 80.2 Å². The third-order valence-electron chi connectivity index (χ3n) is 7.40. The van der Waals surface area contributed by atoms with Gasteiger partial charge in [-0.25, -0.2) is 8.78 Å². The number of nitrogens with one attached hydrogen (secondary N) is 3. The van der Waals surface area contributed by atoms with Crippen molar-refractivity contribution in [3.8, 4) is 0 Å². The quantitative estimate of drug-likeness (QED) is 0.156. The van der Waals surface area contributed by atoms with Crippen molar-refractivity contribution in [2.24, 2.45) is 5.92 Å². The van der Waals surface area contributed by atoms with Crippen molar-refractivity contribution in [3.63, 3.8) is 0 Å². The van der Waals surface area contributed by atoms with Crippen LogP contribution >= 0.6 is 34.8 Å². The molecule has 2 atom stereocenters. The van der Waals surface area contributed by atoms with Crippen LogP contribution in [-0.2, 0) is 21.9 Å². The lowest BCUT2D eigenvalue weighted by Gasteiger charge is -2.27. The molecule has 1 fully saturated rings. The van der Waals surface area contributed by atoms with Crippen LogP contribution in [-0.4, -0.2) is 40.1 Å². The molecule has 3 aromatic carbocycles. The molecule has 1 aliphatic carbocycles. The van der Waals surface area contributed by atoms with Crippen LogP contribution in [0.15, 0.2) is 48.5 Å². The first kappa shape index (κ1) is 41.6. The van der Waals surface area contributed by atoms with Crippen LogP contribution in [0.25, 0.3) is 0 Å². The van der Waals surface area contributed by atoms with Crippen molar-refractivity contribution in [3.05, 3.63) is 87.4 Å². The molecule has 1 aliphatic rings. The number of hydrogen-bond donors (Lipinski definition) is 3. The molecule has 0 saturated heterocycles. The fourth-order valence-electron chi connectivity index (χ4n) is 4.69. The fraction of sp³-hybridized carbons (Fsp3) is 0.276. The molecule has 3 amide bonds. The number of hydrogen-bond acceptors (Lipinski definition) is 3. The van der Waals surface area contributed by atoms with Crippen LogP contribution < -0.4 is 16.0 Å². The van der Waals surface area contributed by atoms with Crippen molar-refractivity contribution in [2.75, 3.05) is 16.0 Å². The summed E-state index contributed by atoms with van der Waals surface area (Å²) in [5.74, 6) is -27.2. The van der Waals surface area contributed by atoms with Gasteiger partial charge in [-0.15, -0.1) is 23.2 Å². The maximum Gasteiger partial charge on any atom is 0.460 e. The highest BCUT2D eigenvalue weighted by Gasteiger charge is 2.76. The third kappa shape index (κ3) is 8.06. The highest BCUT2D eigenvalue weighted by Crippen LogP contribution is 2.65. The summed E-state index contributed by atoms with van der Waals surface area (Å²) in [5.41, 5.74) is -8.40. The second-order valence-electron chi connectivity index (χ2n) is 11.0. The first-order chi connectivity index (χ1) is 23.9. The summed E-state index contributed by atoms with van der Waals surface area (Å²) < 4.78 is 198. The standard InChI is InChI=1S/C29H13Cl3F15N3O3/c30-14-2-1-12(48-22(52)18-17(24(18,31)32)9-5-10(26(37,38)39)7-11(6-9)27(40,41)42)8-13(14)21(51)49-16-4-3-15(33)20(19(16)34)50-23(53)25(35,36)28(43,44)29(45,46)47/h1-8,17-18H,(H,48,52)(H,49,51)(H,50,53)/t17-,18+/m0/s1. The molecule has 0 unspecified atom stereocenters. The Kier molecular flexibility index (Phi) is 10.7. The minimum Gasteiger partial charge on any atom is -0.326 e. The van der Waals surface area contributed by atoms with Crippen LogP contribution in [0, 0.1) is 17.6 Å². The molecule has 0 bridgehead atoms. The van der Waals surface area contributed by atoms with Gasteiger partial charge < -0.3 is 16.0 Å². The first-order valence-electron chi connectivity index (χ1n) is 13.6. The molecular formula is C29H13Cl3F15N3O3. The summed E-state index contributed by atoms with van der Waals surface area (Å²) in [6.45, 7) is 0. The van der Waals surface area contributed by atoms with E-state index in [1.807, 2.05) is 0 Å². The van der Waals surface area contributed by atoms with Crippen LogP contribution in [0.2, 0.25) is 5.02 Å². The number of benzene rings is 3. The van der Waals surface area contributed by atoms with Gasteiger partial charge in [-0.05, 0) is 54.1 Å². The molecule has 0 aromatic heterocycles. The van der Waals surface area contributed by atoms with E-state index in [1.54, 1.807) is 5.32 Å². The molecule has 4 rings (SSSR count). The molecular weight excluding hydrogens is 830 g/mol. The van der Waals surface area contributed by atoms with Gasteiger partial charge in [-0.2, -0.15) is 57.1 Å². The van der Waals surface area contributed by atoms with Gasteiger partial charge in [0.15, 0.2) is 5.82 Å². The Morgan fingerprint density at radius 1 is 0.698 bits per heavy atom. The van der Waals surface area contributed by atoms with Crippen molar-refractivity contribution >= 4 is 69.6 Å². The van der Waals surface area contributed by atoms with Gasteiger partial charge >= 0.3 is 36.3 Å². The predicted molar refractivity (Wildman–Crippen MR) is 156 cm³/mol. The molecule has 24 heteroatoms. The topological polar surface area (TPSA) is 87.3 Å². The highest BCUT2D eigenvalue weighted by atomic mass is 35.5. The summed E-state index contributed by atoms with van der Waals surface area (Å²) in [7, 11) is 0. The zero-order valence-corrected chi connectivity index (χ0v) is 27.1. The molecule has 0 spiro atoms. The van der Waals surface area contributed by atoms with Crippen LogP contribution in [0.5, 0.6) is 0 Å². The number of amides is 3. The van der Waals surface area contributed by atoms with Gasteiger partial charge in [0, 0.05) is 11.6 Å². The van der Waals surface area contributed by atoms with E-state index in [1.165, 1.54) is 0 Å². The lowest BCUT2D eigenvalue weighted by molar-refractivity contribution is -0.343. The number of anilines is 3. The molecule has 0 aliphatic heterocycles. The highest BCUT2D eigenvalue weighted by molar-refractivity contribution is 6.53. The summed E-state index contributed by atoms with van der Waals surface area (Å²) >= 11 is 18.1. The predicted octanol–water partition coefficient (Wildman–Crippen LogP) is 10.2. The van der Waals surface area contributed by atoms with Crippen LogP contribution in [0.1, 0.15) is 33.0 Å². The van der Waals surface area contributed by atoms with Crippen LogP contribution in [0.4, 0.5) is 82.9 Å². The second kappa shape index (κ2) is 13.6. The van der Waals surface area contributed by atoms with E-state index in [2.05, 4.69) is 5.32 Å². The summed E-state index contributed by atoms with van der Waals surface area (Å²) in [6.07, 6.45) is -17.5. The van der Waals surface area contributed by atoms with Crippen molar-refractivity contribution in [1.82, 2.24) is 0 Å². The van der Waals surface area contributed by atoms with Gasteiger partial charge in [0.2, 0.25) is 5.91 Å². The van der Waals surface area contributed by atoms with E-state index in [-0.39, 0.29) is 17.8 Å². The number of carbonyl (C=O) groups excluding carboxylic acids is 3. The summed E-state index contributed by atoms with van der Waals surface area (Å²) in [5, 5.41) is 3.96. The third-order valence-corrected chi connectivity index (χ3v) is 8.67. The molecule has 3 aromatic rings. The van der Waals surface area contributed by atoms with Crippen molar-refractivity contribution in [2.45, 2.75) is 40.6 Å². The average Bonchev–Trinajstić information content (AvgIpc) is 3.61. The van der Waals surface area contributed by atoms with Gasteiger partial charge in [0.05, 0.1) is 33.3 Å². The van der Waals surface area contributed by atoms with Crippen LogP contribution in [0.3, 0.4) is 0 Å². The maximum atomic E-state index is 15.0. The zero-order chi connectivity index (χ0) is 40.4. The zero-order valence-electron chi connectivity index (χ0n) is 24.8. The molecule has 3 N–H and O–H groups in total. The Morgan fingerprint density at radius 3 is 1.75 bits per heavy atom. The maximum absolute atomic E-state index is 15.0. The Balaban J connectivity index is 1.56. The lowest BCUT2D eigenvalue weighted by Crippen LogP contribution is -2.57. The first-order valence-corrected chi connectivity index (χ1v) is 14.8. The van der Waals surface area contributed by atoms with Gasteiger partial charge in [0.25, 0.3) is 5.91 Å². The molecule has 288 valence electrons. The largest absolute Gasteiger partial charge is 0.460 e. The number of carbonyl (C=O) groups is 3. The Bertz CT molecular complexity index is 1950. The Labute approximate surface area is 299 Å². The average molecular weight is 843 g/mol. The number of rotatable bonds is 8. The lowest BCUT2D eigenvalue weighted by atomic mass is 10.0. The van der Waals surface area contributed by atoms with E-state index in [0.29, 0.717) is 23.5 Å². The normalized spacial score (nSPS) is 17.6. The van der Waals surface area contributed by atoms with Gasteiger partial charge in [0.1, 0.15) is 15.8 Å². The molecule has 0 radical (unpaired) electrons. The van der Waals surface area contributed by atoms with Crippen molar-refractivity contribution in [1.29, 1.82) is 0 Å². The van der Waals surface area contributed by atoms with E-state index in [0.717, 1.165) is 18.2 Å². The second-order valence-corrected chi connectivity index (χ2v) is 12.8. The molecule has 1 saturated carbocycles. The monoisotopic (exact) mass is 841 g/mol. The molecule has 53 heavy (non-hydrogen) atoms.